The fraction of sp³-hybridized carbons (Fsp3) is 0.304. The number of hydrogen-bond acceptors (Lipinski definition) is 5. The first kappa shape index (κ1) is 21.7. The van der Waals surface area contributed by atoms with Crippen LogP contribution in [0.2, 0.25) is 5.02 Å². The predicted molar refractivity (Wildman–Crippen MR) is 115 cm³/mol. The lowest BCUT2D eigenvalue weighted by atomic mass is 10.1. The Hall–Kier alpha value is -2.99. The third-order valence-electron chi connectivity index (χ3n) is 5.28. The number of halogens is 1. The number of methoxy groups -OCH3 is 2. The van der Waals surface area contributed by atoms with Crippen LogP contribution in [-0.4, -0.2) is 43.6 Å². The summed E-state index contributed by atoms with van der Waals surface area (Å²) in [6.45, 7) is 2.91. The molecule has 1 amide bonds. The predicted octanol–water partition coefficient (Wildman–Crippen LogP) is 3.80. The maximum absolute atomic E-state index is 12.8. The molecule has 1 aliphatic rings. The molecule has 0 aliphatic carbocycles. The highest BCUT2D eigenvalue weighted by molar-refractivity contribution is 6.31. The lowest BCUT2D eigenvalue weighted by Crippen LogP contribution is -2.40. The SMILES string of the molecule is COC(=O)C1=C(C)N(Cc2ccccc2)C(CNC(=O)c2cc(Cl)ccc2OC)C1. The summed E-state index contributed by atoms with van der Waals surface area (Å²) in [4.78, 5) is 27.1. The van der Waals surface area contributed by atoms with Gasteiger partial charge in [-0.25, -0.2) is 4.79 Å². The lowest BCUT2D eigenvalue weighted by Gasteiger charge is -2.29. The summed E-state index contributed by atoms with van der Waals surface area (Å²) in [5.41, 5.74) is 2.99. The zero-order chi connectivity index (χ0) is 21.7. The van der Waals surface area contributed by atoms with Crippen LogP contribution >= 0.6 is 11.6 Å². The molecule has 1 unspecified atom stereocenters. The van der Waals surface area contributed by atoms with Gasteiger partial charge in [0.05, 0.1) is 31.4 Å². The van der Waals surface area contributed by atoms with Crippen molar-refractivity contribution in [2.75, 3.05) is 20.8 Å². The Morgan fingerprint density at radius 3 is 2.57 bits per heavy atom. The highest BCUT2D eigenvalue weighted by Crippen LogP contribution is 2.31. The highest BCUT2D eigenvalue weighted by atomic mass is 35.5. The number of nitrogens with one attached hydrogen (secondary N) is 1. The standard InChI is InChI=1S/C23H25ClN2O4/c1-15-19(23(28)30-3)12-18(26(15)14-16-7-5-4-6-8-16)13-25-22(27)20-11-17(24)9-10-21(20)29-2/h4-11,18H,12-14H2,1-3H3,(H,25,27). The van der Waals surface area contributed by atoms with Gasteiger partial charge < -0.3 is 19.7 Å². The number of allylic oxidation sites excluding steroid dienone is 1. The average Bonchev–Trinajstić information content (AvgIpc) is 3.07. The van der Waals surface area contributed by atoms with Crippen molar-refractivity contribution < 1.29 is 19.1 Å². The highest BCUT2D eigenvalue weighted by Gasteiger charge is 2.33. The van der Waals surface area contributed by atoms with Crippen LogP contribution in [0.15, 0.2) is 59.8 Å². The van der Waals surface area contributed by atoms with Crippen molar-refractivity contribution in [1.29, 1.82) is 0 Å². The van der Waals surface area contributed by atoms with Crippen LogP contribution in [0, 0.1) is 0 Å². The molecule has 0 saturated heterocycles. The molecule has 0 radical (unpaired) electrons. The quantitative estimate of drug-likeness (QED) is 0.679. The summed E-state index contributed by atoms with van der Waals surface area (Å²) in [6.07, 6.45) is 0.498. The Morgan fingerprint density at radius 2 is 1.90 bits per heavy atom. The molecule has 0 spiro atoms. The van der Waals surface area contributed by atoms with Gasteiger partial charge in [0.25, 0.3) is 5.91 Å². The number of esters is 1. The van der Waals surface area contributed by atoms with E-state index in [1.807, 2.05) is 37.3 Å². The second-order valence-electron chi connectivity index (χ2n) is 7.08. The van der Waals surface area contributed by atoms with Crippen molar-refractivity contribution in [1.82, 2.24) is 10.2 Å². The molecule has 1 N–H and O–H groups in total. The Balaban J connectivity index is 1.77. The zero-order valence-corrected chi connectivity index (χ0v) is 18.0. The molecule has 1 heterocycles. The fourth-order valence-corrected chi connectivity index (χ4v) is 3.84. The van der Waals surface area contributed by atoms with E-state index in [1.54, 1.807) is 18.2 Å². The Morgan fingerprint density at radius 1 is 1.17 bits per heavy atom. The maximum atomic E-state index is 12.8. The van der Waals surface area contributed by atoms with E-state index in [4.69, 9.17) is 21.1 Å². The van der Waals surface area contributed by atoms with Gasteiger partial charge in [-0.05, 0) is 30.7 Å². The molecule has 2 aromatic carbocycles. The molecule has 1 aliphatic heterocycles. The molecule has 0 aromatic heterocycles. The summed E-state index contributed by atoms with van der Waals surface area (Å²) in [5, 5.41) is 3.42. The van der Waals surface area contributed by atoms with Crippen LogP contribution in [0.1, 0.15) is 29.3 Å². The molecule has 2 aromatic rings. The number of rotatable bonds is 7. The van der Waals surface area contributed by atoms with E-state index in [2.05, 4.69) is 10.2 Å². The van der Waals surface area contributed by atoms with Gasteiger partial charge in [-0.3, -0.25) is 4.79 Å². The minimum atomic E-state index is -0.337. The second-order valence-corrected chi connectivity index (χ2v) is 7.52. The van der Waals surface area contributed by atoms with E-state index in [9.17, 15) is 9.59 Å². The molecule has 7 heteroatoms. The minimum absolute atomic E-state index is 0.0755. The smallest absolute Gasteiger partial charge is 0.335 e. The van der Waals surface area contributed by atoms with E-state index >= 15 is 0 Å². The molecular formula is C23H25ClN2O4. The van der Waals surface area contributed by atoms with E-state index in [0.717, 1.165) is 11.3 Å². The van der Waals surface area contributed by atoms with Gasteiger partial charge in [-0.2, -0.15) is 0 Å². The van der Waals surface area contributed by atoms with E-state index in [0.29, 0.717) is 41.4 Å². The molecule has 1 atom stereocenters. The molecule has 0 fully saturated rings. The van der Waals surface area contributed by atoms with Gasteiger partial charge in [0.1, 0.15) is 5.75 Å². The van der Waals surface area contributed by atoms with E-state index in [-0.39, 0.29) is 17.9 Å². The monoisotopic (exact) mass is 428 g/mol. The van der Waals surface area contributed by atoms with Gasteiger partial charge in [-0.1, -0.05) is 41.9 Å². The first-order valence-corrected chi connectivity index (χ1v) is 10.0. The molecule has 3 rings (SSSR count). The molecule has 0 saturated carbocycles. The first-order chi connectivity index (χ1) is 14.4. The minimum Gasteiger partial charge on any atom is -0.496 e. The van der Waals surface area contributed by atoms with E-state index in [1.165, 1.54) is 14.2 Å². The lowest BCUT2D eigenvalue weighted by molar-refractivity contribution is -0.136. The van der Waals surface area contributed by atoms with Crippen molar-refractivity contribution in [2.24, 2.45) is 0 Å². The van der Waals surface area contributed by atoms with Crippen molar-refractivity contribution in [3.05, 3.63) is 76.0 Å². The third-order valence-corrected chi connectivity index (χ3v) is 5.52. The van der Waals surface area contributed by atoms with Gasteiger partial charge in [-0.15, -0.1) is 0 Å². The van der Waals surface area contributed by atoms with Crippen LogP contribution in [0.4, 0.5) is 0 Å². The van der Waals surface area contributed by atoms with Crippen molar-refractivity contribution in [2.45, 2.75) is 25.9 Å². The second kappa shape index (κ2) is 9.67. The zero-order valence-electron chi connectivity index (χ0n) is 17.3. The van der Waals surface area contributed by atoms with Gasteiger partial charge in [0, 0.05) is 30.2 Å². The number of ether oxygens (including phenoxy) is 2. The Kier molecular flexibility index (Phi) is 7.00. The molecule has 30 heavy (non-hydrogen) atoms. The van der Waals surface area contributed by atoms with Crippen molar-refractivity contribution >= 4 is 23.5 Å². The summed E-state index contributed by atoms with van der Waals surface area (Å²) in [5.74, 6) is -0.164. The fourth-order valence-electron chi connectivity index (χ4n) is 3.67. The number of carbonyl (C=O) groups is 2. The molecular weight excluding hydrogens is 404 g/mol. The summed E-state index contributed by atoms with van der Waals surface area (Å²) < 4.78 is 10.2. The van der Waals surface area contributed by atoms with Crippen LogP contribution < -0.4 is 10.1 Å². The summed E-state index contributed by atoms with van der Waals surface area (Å²) >= 11 is 6.05. The summed E-state index contributed by atoms with van der Waals surface area (Å²) in [6, 6.07) is 14.8. The molecule has 6 nitrogen and oxygen atoms in total. The van der Waals surface area contributed by atoms with Crippen LogP contribution in [0.5, 0.6) is 5.75 Å². The van der Waals surface area contributed by atoms with Crippen LogP contribution in [0.25, 0.3) is 0 Å². The summed E-state index contributed by atoms with van der Waals surface area (Å²) in [7, 11) is 2.89. The average molecular weight is 429 g/mol. The third kappa shape index (κ3) is 4.76. The number of hydrogen-bond donors (Lipinski definition) is 1. The first-order valence-electron chi connectivity index (χ1n) is 9.65. The normalized spacial score (nSPS) is 15.9. The molecule has 0 bridgehead atoms. The topological polar surface area (TPSA) is 67.9 Å². The Labute approximate surface area is 181 Å². The molecule has 158 valence electrons. The van der Waals surface area contributed by atoms with E-state index < -0.39 is 0 Å². The largest absolute Gasteiger partial charge is 0.496 e. The number of amides is 1. The van der Waals surface area contributed by atoms with Gasteiger partial charge in [0.15, 0.2) is 0 Å². The van der Waals surface area contributed by atoms with Crippen LogP contribution in [-0.2, 0) is 16.1 Å². The van der Waals surface area contributed by atoms with Crippen molar-refractivity contribution in [3.63, 3.8) is 0 Å². The number of nitrogens with zero attached hydrogens (tertiary/aromatic N) is 1. The van der Waals surface area contributed by atoms with Crippen molar-refractivity contribution in [3.8, 4) is 5.75 Å². The van der Waals surface area contributed by atoms with Gasteiger partial charge >= 0.3 is 5.97 Å². The van der Waals surface area contributed by atoms with Crippen LogP contribution in [0.3, 0.4) is 0 Å². The number of carbonyl (C=O) groups excluding carboxylic acids is 2. The van der Waals surface area contributed by atoms with Gasteiger partial charge in [0.2, 0.25) is 0 Å². The maximum Gasteiger partial charge on any atom is 0.335 e. The Bertz CT molecular complexity index is 959. The number of benzene rings is 2.